The molecule has 1 aliphatic rings. The van der Waals surface area contributed by atoms with Gasteiger partial charge >= 0.3 is 0 Å². The zero-order valence-electron chi connectivity index (χ0n) is 43.9. The lowest BCUT2D eigenvalue weighted by Gasteiger charge is -2.43. The molecule has 1 aromatic heterocycles. The van der Waals surface area contributed by atoms with Crippen LogP contribution in [-0.4, -0.2) is 23.2 Å². The summed E-state index contributed by atoms with van der Waals surface area (Å²) < 4.78 is 2.38. The van der Waals surface area contributed by atoms with E-state index in [0.717, 1.165) is 89.8 Å². The van der Waals surface area contributed by atoms with E-state index in [-0.39, 0.29) is 17.9 Å². The van der Waals surface area contributed by atoms with Gasteiger partial charge in [-0.2, -0.15) is 0 Å². The lowest BCUT2D eigenvalue weighted by atomic mass is 9.31. The molecule has 0 saturated carbocycles. The Morgan fingerprint density at radius 2 is 0.910 bits per heavy atom. The molecule has 78 heavy (non-hydrogen) atoms. The minimum absolute atomic E-state index is 0.00257. The van der Waals surface area contributed by atoms with Crippen LogP contribution in [0.5, 0.6) is 0 Å². The van der Waals surface area contributed by atoms with Crippen LogP contribution in [-0.2, 0) is 0 Å². The highest BCUT2D eigenvalue weighted by Gasteiger charge is 2.43. The van der Waals surface area contributed by atoms with Gasteiger partial charge in [0, 0.05) is 72.7 Å². The molecular formula is C72H56BCl2N3. The molecular weight excluding hydrogens is 989 g/mol. The number of halogens is 2. The average molecular weight is 1040 g/mol. The van der Waals surface area contributed by atoms with Crippen molar-refractivity contribution in [2.75, 3.05) is 16.3 Å². The molecule has 0 saturated heterocycles. The molecule has 0 bridgehead atoms. The maximum atomic E-state index is 7.74. The van der Waals surface area contributed by atoms with E-state index in [0.29, 0.717) is 11.6 Å². The van der Waals surface area contributed by atoms with Gasteiger partial charge in [0.05, 0.1) is 22.4 Å². The number of hydrogen-bond donors (Lipinski definition) is 0. The fourth-order valence-corrected chi connectivity index (χ4v) is 12.7. The van der Waals surface area contributed by atoms with E-state index in [1.807, 2.05) is 0 Å². The van der Waals surface area contributed by atoms with Crippen molar-refractivity contribution in [2.45, 2.75) is 32.0 Å². The highest BCUT2D eigenvalue weighted by Crippen LogP contribution is 2.52. The molecule has 0 aliphatic carbocycles. The molecule has 11 aromatic carbocycles. The zero-order valence-corrected chi connectivity index (χ0v) is 45.4. The van der Waals surface area contributed by atoms with Gasteiger partial charge < -0.3 is 14.4 Å². The average Bonchev–Trinajstić information content (AvgIpc) is 3.93. The summed E-state index contributed by atoms with van der Waals surface area (Å²) in [6.07, 6.45) is 0. The number of aromatic nitrogens is 1. The number of fused-ring (bicyclic) bond motifs is 5. The van der Waals surface area contributed by atoms with E-state index in [1.54, 1.807) is 0 Å². The number of hydrogen-bond acceptors (Lipinski definition) is 2. The van der Waals surface area contributed by atoms with Gasteiger partial charge in [-0.05, 0) is 101 Å². The molecule has 1 aliphatic heterocycles. The molecule has 0 fully saturated rings. The van der Waals surface area contributed by atoms with Crippen LogP contribution in [0.3, 0.4) is 0 Å². The SMILES string of the molecule is CCN(c1cc(Cl)cc2c1B(C(C)[C@@H](C)Cl)c1ccc(-c3ccc(-n4c5ccccc5c5ccccc54)cc3)cc1N2c1c(-c2ccccc2)cccc1-c1ccccc1)c1c(-c2ccccc2)cccc1-c1ccccc1. The summed E-state index contributed by atoms with van der Waals surface area (Å²) in [6, 6.07) is 94.6. The van der Waals surface area contributed by atoms with E-state index in [9.17, 15) is 0 Å². The van der Waals surface area contributed by atoms with E-state index in [2.05, 4.69) is 296 Å². The lowest BCUT2D eigenvalue weighted by molar-refractivity contribution is 0.874. The minimum atomic E-state index is -0.179. The van der Waals surface area contributed by atoms with Crippen molar-refractivity contribution >= 4 is 91.1 Å². The summed E-state index contributed by atoms with van der Waals surface area (Å²) in [5, 5.41) is 2.96. The van der Waals surface area contributed by atoms with Gasteiger partial charge in [0.2, 0.25) is 6.71 Å². The number of anilines is 5. The largest absolute Gasteiger partial charge is 0.341 e. The molecule has 12 aromatic rings. The highest BCUT2D eigenvalue weighted by atomic mass is 35.5. The quantitative estimate of drug-likeness (QED) is 0.0892. The third kappa shape index (κ3) is 8.57. The van der Waals surface area contributed by atoms with E-state index < -0.39 is 0 Å². The second-order valence-electron chi connectivity index (χ2n) is 20.5. The number of alkyl halides is 1. The van der Waals surface area contributed by atoms with Crippen LogP contribution < -0.4 is 20.7 Å². The number of nitrogens with zero attached hydrogens (tertiary/aromatic N) is 3. The first-order valence-corrected chi connectivity index (χ1v) is 27.9. The van der Waals surface area contributed by atoms with Crippen molar-refractivity contribution in [2.24, 2.45) is 0 Å². The number of rotatable bonds is 12. The second kappa shape index (κ2) is 20.8. The first-order chi connectivity index (χ1) is 38.4. The first-order valence-electron chi connectivity index (χ1n) is 27.1. The molecule has 3 nitrogen and oxygen atoms in total. The van der Waals surface area contributed by atoms with Crippen LogP contribution in [0.15, 0.2) is 261 Å². The summed E-state index contributed by atoms with van der Waals surface area (Å²) >= 11 is 15.2. The topological polar surface area (TPSA) is 11.4 Å². The molecule has 376 valence electrons. The molecule has 6 heteroatoms. The molecule has 0 radical (unpaired) electrons. The van der Waals surface area contributed by atoms with Gasteiger partial charge in [0.15, 0.2) is 0 Å². The van der Waals surface area contributed by atoms with Gasteiger partial charge in [0.25, 0.3) is 0 Å². The van der Waals surface area contributed by atoms with Crippen molar-refractivity contribution in [1.29, 1.82) is 0 Å². The molecule has 13 rings (SSSR count). The van der Waals surface area contributed by atoms with Crippen LogP contribution in [0.25, 0.3) is 83.1 Å². The van der Waals surface area contributed by atoms with E-state index >= 15 is 0 Å². The van der Waals surface area contributed by atoms with Crippen LogP contribution >= 0.6 is 23.2 Å². The predicted molar refractivity (Wildman–Crippen MR) is 337 cm³/mol. The smallest absolute Gasteiger partial charge is 0.221 e. The zero-order chi connectivity index (χ0) is 52.9. The van der Waals surface area contributed by atoms with Crippen molar-refractivity contribution in [3.63, 3.8) is 0 Å². The van der Waals surface area contributed by atoms with Gasteiger partial charge in [-0.25, -0.2) is 0 Å². The Morgan fingerprint density at radius 3 is 1.41 bits per heavy atom. The van der Waals surface area contributed by atoms with E-state index in [1.165, 1.54) is 32.7 Å². The van der Waals surface area contributed by atoms with Crippen molar-refractivity contribution in [3.8, 4) is 61.3 Å². The van der Waals surface area contributed by atoms with Crippen LogP contribution in [0.2, 0.25) is 10.8 Å². The van der Waals surface area contributed by atoms with Gasteiger partial charge in [-0.15, -0.1) is 11.6 Å². The summed E-state index contributed by atoms with van der Waals surface area (Å²) in [4.78, 5) is 5.06. The second-order valence-corrected chi connectivity index (χ2v) is 21.6. The lowest BCUT2D eigenvalue weighted by Crippen LogP contribution is -2.55. The predicted octanol–water partition coefficient (Wildman–Crippen LogP) is 19.3. The maximum absolute atomic E-state index is 7.74. The Hall–Kier alpha value is -8.54. The van der Waals surface area contributed by atoms with E-state index in [4.69, 9.17) is 23.2 Å². The molecule has 0 amide bonds. The Labute approximate surface area is 468 Å². The Bertz CT molecular complexity index is 3970. The Kier molecular flexibility index (Phi) is 13.1. The molecule has 2 heterocycles. The summed E-state index contributed by atoms with van der Waals surface area (Å²) in [7, 11) is 0. The minimum Gasteiger partial charge on any atom is -0.341 e. The Balaban J connectivity index is 1.09. The fourth-order valence-electron chi connectivity index (χ4n) is 12.3. The maximum Gasteiger partial charge on any atom is 0.221 e. The first kappa shape index (κ1) is 49.1. The molecule has 0 N–H and O–H groups in total. The summed E-state index contributed by atoms with van der Waals surface area (Å²) in [5.74, 6) is -0.00257. The summed E-state index contributed by atoms with van der Waals surface area (Å²) in [6.45, 7) is 7.26. The number of benzene rings is 11. The molecule has 1 unspecified atom stereocenters. The number of para-hydroxylation sites is 4. The van der Waals surface area contributed by atoms with Crippen LogP contribution in [0, 0.1) is 0 Å². The van der Waals surface area contributed by atoms with Gasteiger partial charge in [-0.1, -0.05) is 242 Å². The van der Waals surface area contributed by atoms with Crippen molar-refractivity contribution < 1.29 is 0 Å². The van der Waals surface area contributed by atoms with Crippen molar-refractivity contribution in [1.82, 2.24) is 4.57 Å². The van der Waals surface area contributed by atoms with Crippen LogP contribution in [0.4, 0.5) is 28.4 Å². The third-order valence-corrected chi connectivity index (χ3v) is 16.7. The molecule has 2 atom stereocenters. The standard InChI is InChI=1S/C72H56BCl2N3/c1-4-76(71-58(51-23-9-5-10-24-51)33-21-34-59(71)52-25-11-6-12-26-52)68-46-56(75)47-69-70(68)73(48(2)49(3)74)64-44-41-55(50-39-42-57(43-40-50)77-65-37-19-17-31-62(65)63-32-18-20-38-66(63)77)45-67(64)78(69)72-60(53-27-13-7-14-28-53)35-22-36-61(72)54-29-15-8-16-30-54/h5-49H,4H2,1-3H3/t48?,49-/m1/s1. The fraction of sp³-hybridized carbons (Fsp3) is 0.0833. The Morgan fingerprint density at radius 1 is 0.449 bits per heavy atom. The third-order valence-electron chi connectivity index (χ3n) is 16.1. The van der Waals surface area contributed by atoms with Gasteiger partial charge in [-0.3, -0.25) is 0 Å². The normalized spacial score (nSPS) is 12.8. The highest BCUT2D eigenvalue weighted by molar-refractivity contribution is 6.91. The van der Waals surface area contributed by atoms with Gasteiger partial charge in [0.1, 0.15) is 0 Å². The summed E-state index contributed by atoms with van der Waals surface area (Å²) in [5.41, 5.74) is 22.5. The molecule has 0 spiro atoms. The van der Waals surface area contributed by atoms with Crippen LogP contribution in [0.1, 0.15) is 20.8 Å². The van der Waals surface area contributed by atoms with Crippen molar-refractivity contribution in [3.05, 3.63) is 266 Å². The monoisotopic (exact) mass is 1040 g/mol.